The number of carbonyl (C=O) groups is 6. The van der Waals surface area contributed by atoms with E-state index >= 15 is 0 Å². The summed E-state index contributed by atoms with van der Waals surface area (Å²) in [6.07, 6.45) is 23.9. The van der Waals surface area contributed by atoms with Gasteiger partial charge < -0.3 is 83.2 Å². The first-order valence-electron chi connectivity index (χ1n) is 32.6. The van der Waals surface area contributed by atoms with Crippen molar-refractivity contribution < 1.29 is 90.7 Å². The molecule has 508 valence electrons. The van der Waals surface area contributed by atoms with Crippen LogP contribution in [0.3, 0.4) is 0 Å². The fourth-order valence-corrected chi connectivity index (χ4v) is 8.20. The van der Waals surface area contributed by atoms with Gasteiger partial charge in [-0.05, 0) is 38.5 Å². The Hall–Kier alpha value is -3.90. The second-order valence-corrected chi connectivity index (χ2v) is 21.7. The molecule has 5 N–H and O–H groups in total. The fourth-order valence-electron chi connectivity index (χ4n) is 8.20. The van der Waals surface area contributed by atoms with Gasteiger partial charge in [0.15, 0.2) is 0 Å². The molecule has 0 aromatic heterocycles. The lowest BCUT2D eigenvalue weighted by Gasteiger charge is -2.20. The monoisotopic (exact) mass is 1250 g/mol. The van der Waals surface area contributed by atoms with E-state index in [0.717, 1.165) is 25.7 Å². The Morgan fingerprint density at radius 3 is 1.15 bits per heavy atom. The predicted molar refractivity (Wildman–Crippen MR) is 333 cm³/mol. The second kappa shape index (κ2) is 63.7. The van der Waals surface area contributed by atoms with Crippen LogP contribution in [0.2, 0.25) is 0 Å². The molecular formula is C64H118N4O19. The molecule has 0 aliphatic carbocycles. The van der Waals surface area contributed by atoms with Crippen LogP contribution < -0.4 is 21.3 Å². The van der Waals surface area contributed by atoms with Crippen LogP contribution in [0.5, 0.6) is 0 Å². The smallest absolute Gasteiger partial charge is 0.326 e. The quantitative estimate of drug-likeness (QED) is 0.0312. The number of carboxylic acids is 1. The van der Waals surface area contributed by atoms with Crippen LogP contribution in [0.25, 0.3) is 0 Å². The number of terminal acetylenes is 1. The van der Waals surface area contributed by atoms with Gasteiger partial charge in [-0.2, -0.15) is 0 Å². The first-order valence-corrected chi connectivity index (χ1v) is 32.6. The van der Waals surface area contributed by atoms with Crippen molar-refractivity contribution in [3.8, 4) is 12.3 Å². The van der Waals surface area contributed by atoms with Gasteiger partial charge >= 0.3 is 5.97 Å². The second-order valence-electron chi connectivity index (χ2n) is 21.7. The third-order valence-electron chi connectivity index (χ3n) is 13.9. The highest BCUT2D eigenvalue weighted by molar-refractivity contribution is 5.87. The average molecular weight is 1250 g/mol. The number of rotatable bonds is 69. The van der Waals surface area contributed by atoms with Crippen molar-refractivity contribution >= 4 is 35.4 Å². The normalized spacial score (nSPS) is 12.2. The summed E-state index contributed by atoms with van der Waals surface area (Å²) >= 11 is 0. The molecule has 2 atom stereocenters. The van der Waals surface area contributed by atoms with Crippen molar-refractivity contribution in [3.05, 3.63) is 0 Å². The highest BCUT2D eigenvalue weighted by atomic mass is 16.6. The zero-order valence-electron chi connectivity index (χ0n) is 54.2. The molecule has 0 unspecified atom stereocenters. The summed E-state index contributed by atoms with van der Waals surface area (Å²) < 4.78 is 66.2. The molecule has 23 nitrogen and oxygen atoms in total. The Labute approximate surface area is 522 Å². The van der Waals surface area contributed by atoms with E-state index in [1.165, 1.54) is 57.8 Å². The number of aliphatic carboxylic acids is 1. The molecule has 0 aromatic rings. The number of hydrogen-bond donors (Lipinski definition) is 5. The molecule has 23 heteroatoms. The minimum atomic E-state index is -1.18. The molecule has 4 amide bonds. The molecule has 0 fully saturated rings. The molecule has 0 heterocycles. The summed E-state index contributed by atoms with van der Waals surface area (Å²) in [5.41, 5.74) is -0.291. The highest BCUT2D eigenvalue weighted by Crippen LogP contribution is 2.22. The lowest BCUT2D eigenvalue weighted by molar-refractivity contribution is -0.142. The summed E-state index contributed by atoms with van der Waals surface area (Å²) in [6, 6.07) is -1.96. The van der Waals surface area contributed by atoms with Crippen LogP contribution in [0.1, 0.15) is 175 Å². The number of carboxylic acid groups (broad SMARTS) is 1. The van der Waals surface area contributed by atoms with Crippen LogP contribution in [0.4, 0.5) is 0 Å². The number of ketones is 1. The molecule has 0 radical (unpaired) electrons. The van der Waals surface area contributed by atoms with Crippen molar-refractivity contribution in [2.45, 2.75) is 187 Å². The molecule has 0 saturated heterocycles. The Kier molecular flexibility index (Phi) is 60.8. The van der Waals surface area contributed by atoms with Crippen molar-refractivity contribution in [2.24, 2.45) is 5.41 Å². The lowest BCUT2D eigenvalue weighted by atomic mass is 9.84. The summed E-state index contributed by atoms with van der Waals surface area (Å²) in [5, 5.41) is 20.5. The van der Waals surface area contributed by atoms with Gasteiger partial charge in [-0.3, -0.25) is 24.0 Å². The molecule has 0 aliphatic rings. The zero-order valence-corrected chi connectivity index (χ0v) is 54.2. The highest BCUT2D eigenvalue weighted by Gasteiger charge is 2.25. The first-order chi connectivity index (χ1) is 42.4. The van der Waals surface area contributed by atoms with E-state index < -0.39 is 18.1 Å². The van der Waals surface area contributed by atoms with Crippen LogP contribution in [-0.2, 0) is 85.6 Å². The summed E-state index contributed by atoms with van der Waals surface area (Å²) in [5.74, 6) is 0.103. The van der Waals surface area contributed by atoms with Gasteiger partial charge in [0.05, 0.1) is 159 Å². The average Bonchev–Trinajstić information content (AvgIpc) is 3.61. The number of amides is 4. The van der Waals surface area contributed by atoms with Crippen molar-refractivity contribution in [3.63, 3.8) is 0 Å². The third-order valence-corrected chi connectivity index (χ3v) is 13.9. The molecule has 87 heavy (non-hydrogen) atoms. The maximum Gasteiger partial charge on any atom is 0.326 e. The van der Waals surface area contributed by atoms with E-state index in [2.05, 4.69) is 34.1 Å². The Bertz CT molecular complexity index is 1690. The van der Waals surface area contributed by atoms with E-state index in [1.54, 1.807) is 0 Å². The maximum atomic E-state index is 13.0. The van der Waals surface area contributed by atoms with E-state index in [-0.39, 0.29) is 80.1 Å². The third kappa shape index (κ3) is 58.2. The Morgan fingerprint density at radius 1 is 0.391 bits per heavy atom. The maximum absolute atomic E-state index is 13.0. The number of hydrogen-bond acceptors (Lipinski definition) is 18. The van der Waals surface area contributed by atoms with E-state index in [1.807, 2.05) is 20.8 Å². The van der Waals surface area contributed by atoms with Crippen LogP contribution >= 0.6 is 0 Å². The minimum absolute atomic E-state index is 0.0306. The topological polar surface area (TPSA) is 282 Å². The van der Waals surface area contributed by atoms with Gasteiger partial charge in [0, 0.05) is 50.6 Å². The molecule has 0 saturated carbocycles. The number of ether oxygens (including phenoxy) is 12. The van der Waals surface area contributed by atoms with Gasteiger partial charge in [-0.25, -0.2) is 4.79 Å². The molecule has 0 aliphatic heterocycles. The van der Waals surface area contributed by atoms with Crippen LogP contribution in [0, 0.1) is 17.8 Å². The standard InChI is InChI=1S/C64H118N4O19/c1-6-9-11-12-13-14-15-16-17-18-19-20-21-26-61(72)68-57(63(74)75)27-28-59(70)65-30-23-22-24-56(67-60(71)25-10-7-2)62(73)66-31-33-77-35-37-79-39-41-81-43-45-83-47-49-85-51-53-87-55-54-86-52-50-84-48-46-82-44-42-80-40-38-78-36-34-76-32-29-58(69)64(4,5)8-3/h2,56-57H,6,8-55H2,1,3-5H3,(H,65,70)(H,66,73)(H,67,71)(H,68,72)(H,74,75)/t56-,57-/m1/s1. The number of Topliss-reactive ketones (excluding diaryl/α,β-unsaturated/α-hetero) is 1. The predicted octanol–water partition coefficient (Wildman–Crippen LogP) is 6.71. The number of nitrogens with one attached hydrogen (secondary N) is 4. The van der Waals surface area contributed by atoms with Gasteiger partial charge in [-0.15, -0.1) is 12.3 Å². The van der Waals surface area contributed by atoms with Gasteiger partial charge in [0.2, 0.25) is 23.6 Å². The molecule has 0 spiro atoms. The van der Waals surface area contributed by atoms with Crippen LogP contribution in [-0.4, -0.2) is 224 Å². The van der Waals surface area contributed by atoms with Crippen molar-refractivity contribution in [1.29, 1.82) is 0 Å². The largest absolute Gasteiger partial charge is 0.480 e. The number of carbonyl (C=O) groups excluding carboxylic acids is 5. The minimum Gasteiger partial charge on any atom is -0.480 e. The summed E-state index contributed by atoms with van der Waals surface area (Å²) in [4.78, 5) is 74.4. The van der Waals surface area contributed by atoms with E-state index in [4.69, 9.17) is 63.3 Å². The number of unbranched alkanes of at least 4 members (excludes halogenated alkanes) is 13. The molecule has 0 rings (SSSR count). The molecule has 0 bridgehead atoms. The van der Waals surface area contributed by atoms with Crippen molar-refractivity contribution in [2.75, 3.05) is 172 Å². The summed E-state index contributed by atoms with van der Waals surface area (Å²) in [7, 11) is 0. The van der Waals surface area contributed by atoms with Crippen LogP contribution in [0.15, 0.2) is 0 Å². The van der Waals surface area contributed by atoms with E-state index in [0.29, 0.717) is 191 Å². The first kappa shape index (κ1) is 83.1. The fraction of sp³-hybridized carbons (Fsp3) is 0.875. The lowest BCUT2D eigenvalue weighted by Crippen LogP contribution is -2.47. The zero-order chi connectivity index (χ0) is 63.8. The van der Waals surface area contributed by atoms with Crippen molar-refractivity contribution in [1.82, 2.24) is 21.3 Å². The Morgan fingerprint density at radius 2 is 0.759 bits per heavy atom. The van der Waals surface area contributed by atoms with Gasteiger partial charge in [0.1, 0.15) is 17.9 Å². The Balaban J connectivity index is 3.78. The van der Waals surface area contributed by atoms with Gasteiger partial charge in [0.25, 0.3) is 0 Å². The molecule has 0 aromatic carbocycles. The SMILES string of the molecule is C#CCCC(=O)N[C@H](CCCCNC(=O)CC[C@@H](NC(=O)CCCCCCCCCCCCCCC)C(=O)O)C(=O)NCCOCCOCCOCCOCCOCCOCCOCCOCCOCCOCCOCCOCCC(=O)C(C)(C)CC. The summed E-state index contributed by atoms with van der Waals surface area (Å²) in [6.45, 7) is 19.0. The molecular weight excluding hydrogens is 1130 g/mol. The van der Waals surface area contributed by atoms with E-state index in [9.17, 15) is 33.9 Å². The van der Waals surface area contributed by atoms with Gasteiger partial charge in [-0.1, -0.05) is 105 Å².